The number of rotatable bonds is 7. The third-order valence-electron chi connectivity index (χ3n) is 4.04. The highest BCUT2D eigenvalue weighted by molar-refractivity contribution is 7.99. The molecule has 3 aromatic carbocycles. The smallest absolute Gasteiger partial charge is 0.244 e. The SMILES string of the molecule is COc1cccc(CC(=O)N/N=C/c2ccc(Sc3ccc(C)cc3)cc2)c1. The number of ether oxygens (including phenoxy) is 1. The summed E-state index contributed by atoms with van der Waals surface area (Å²) in [5, 5.41) is 4.04. The van der Waals surface area contributed by atoms with E-state index in [9.17, 15) is 4.79 Å². The molecule has 28 heavy (non-hydrogen) atoms. The molecule has 0 aromatic heterocycles. The van der Waals surface area contributed by atoms with Crippen LogP contribution in [0.25, 0.3) is 0 Å². The van der Waals surface area contributed by atoms with E-state index >= 15 is 0 Å². The van der Waals surface area contributed by atoms with Crippen molar-refractivity contribution in [3.8, 4) is 5.75 Å². The molecule has 3 rings (SSSR count). The molecule has 0 saturated heterocycles. The zero-order valence-electron chi connectivity index (χ0n) is 15.9. The lowest BCUT2D eigenvalue weighted by Crippen LogP contribution is -2.19. The molecule has 0 spiro atoms. The summed E-state index contributed by atoms with van der Waals surface area (Å²) < 4.78 is 5.16. The van der Waals surface area contributed by atoms with E-state index in [4.69, 9.17) is 4.74 Å². The number of benzene rings is 3. The van der Waals surface area contributed by atoms with Crippen LogP contribution in [0.3, 0.4) is 0 Å². The Morgan fingerprint density at radius 2 is 1.71 bits per heavy atom. The Bertz CT molecular complexity index is 951. The number of nitrogens with zero attached hydrogens (tertiary/aromatic N) is 1. The maximum Gasteiger partial charge on any atom is 0.244 e. The van der Waals surface area contributed by atoms with Crippen LogP contribution in [0.1, 0.15) is 16.7 Å². The lowest BCUT2D eigenvalue weighted by Gasteiger charge is -2.04. The molecule has 0 aliphatic rings. The minimum Gasteiger partial charge on any atom is -0.497 e. The quantitative estimate of drug-likeness (QED) is 0.464. The number of hydrazone groups is 1. The molecule has 0 saturated carbocycles. The standard InChI is InChI=1S/C23H22N2O2S/c1-17-6-10-21(11-7-17)28-22-12-8-18(9-13-22)16-24-25-23(26)15-19-4-3-5-20(14-19)27-2/h3-14,16H,15H2,1-2H3,(H,25,26)/b24-16+. The van der Waals surface area contributed by atoms with Crippen LogP contribution in [0, 0.1) is 6.92 Å². The van der Waals surface area contributed by atoms with Crippen molar-refractivity contribution in [2.24, 2.45) is 5.10 Å². The van der Waals surface area contributed by atoms with E-state index in [0.717, 1.165) is 21.8 Å². The number of nitrogens with one attached hydrogen (secondary N) is 1. The predicted octanol–water partition coefficient (Wildman–Crippen LogP) is 4.85. The van der Waals surface area contributed by atoms with Crippen molar-refractivity contribution in [1.29, 1.82) is 0 Å². The zero-order valence-corrected chi connectivity index (χ0v) is 16.7. The Hall–Kier alpha value is -3.05. The second-order valence-electron chi connectivity index (χ2n) is 6.31. The molecule has 1 amide bonds. The largest absolute Gasteiger partial charge is 0.497 e. The van der Waals surface area contributed by atoms with Gasteiger partial charge in [0.1, 0.15) is 5.75 Å². The molecule has 0 aliphatic heterocycles. The number of aryl methyl sites for hydroxylation is 1. The molecule has 0 radical (unpaired) electrons. The van der Waals surface area contributed by atoms with E-state index in [1.807, 2.05) is 48.5 Å². The van der Waals surface area contributed by atoms with E-state index in [2.05, 4.69) is 41.7 Å². The van der Waals surface area contributed by atoms with Gasteiger partial charge in [0.25, 0.3) is 0 Å². The first-order valence-corrected chi connectivity index (χ1v) is 9.73. The summed E-state index contributed by atoms with van der Waals surface area (Å²) in [4.78, 5) is 14.4. The number of carbonyl (C=O) groups is 1. The van der Waals surface area contributed by atoms with Crippen molar-refractivity contribution >= 4 is 23.9 Å². The van der Waals surface area contributed by atoms with Gasteiger partial charge in [-0.15, -0.1) is 0 Å². The molecule has 0 fully saturated rings. The topological polar surface area (TPSA) is 50.7 Å². The molecule has 3 aromatic rings. The first-order valence-electron chi connectivity index (χ1n) is 8.92. The lowest BCUT2D eigenvalue weighted by atomic mass is 10.1. The minimum atomic E-state index is -0.170. The first-order chi connectivity index (χ1) is 13.6. The number of amides is 1. The van der Waals surface area contributed by atoms with Crippen molar-refractivity contribution in [2.45, 2.75) is 23.1 Å². The summed E-state index contributed by atoms with van der Waals surface area (Å²) in [6.07, 6.45) is 1.89. The van der Waals surface area contributed by atoms with Gasteiger partial charge in [-0.2, -0.15) is 5.10 Å². The Balaban J connectivity index is 1.51. The van der Waals surface area contributed by atoms with Gasteiger partial charge >= 0.3 is 0 Å². The van der Waals surface area contributed by atoms with Gasteiger partial charge in [-0.05, 0) is 54.4 Å². The molecular formula is C23H22N2O2S. The molecule has 4 nitrogen and oxygen atoms in total. The summed E-state index contributed by atoms with van der Waals surface area (Å²) >= 11 is 1.71. The highest BCUT2D eigenvalue weighted by atomic mass is 32.2. The van der Waals surface area contributed by atoms with E-state index in [-0.39, 0.29) is 12.3 Å². The van der Waals surface area contributed by atoms with Crippen LogP contribution in [0.2, 0.25) is 0 Å². The van der Waals surface area contributed by atoms with E-state index < -0.39 is 0 Å². The van der Waals surface area contributed by atoms with Crippen LogP contribution < -0.4 is 10.2 Å². The van der Waals surface area contributed by atoms with Crippen LogP contribution >= 0.6 is 11.8 Å². The Kier molecular flexibility index (Phi) is 6.87. The number of methoxy groups -OCH3 is 1. The van der Waals surface area contributed by atoms with E-state index in [0.29, 0.717) is 0 Å². The fraction of sp³-hybridized carbons (Fsp3) is 0.130. The molecule has 0 bridgehead atoms. The molecule has 0 atom stereocenters. The zero-order chi connectivity index (χ0) is 19.8. The normalized spacial score (nSPS) is 10.8. The fourth-order valence-corrected chi connectivity index (χ4v) is 3.37. The minimum absolute atomic E-state index is 0.170. The highest BCUT2D eigenvalue weighted by Gasteiger charge is 2.03. The second-order valence-corrected chi connectivity index (χ2v) is 7.45. The molecule has 142 valence electrons. The fourth-order valence-electron chi connectivity index (χ4n) is 2.55. The molecular weight excluding hydrogens is 368 g/mol. The second kappa shape index (κ2) is 9.76. The van der Waals surface area contributed by atoms with Crippen LogP contribution in [-0.2, 0) is 11.2 Å². The maximum atomic E-state index is 12.0. The van der Waals surface area contributed by atoms with E-state index in [1.54, 1.807) is 25.1 Å². The molecule has 0 aliphatic carbocycles. The van der Waals surface area contributed by atoms with Crippen molar-refractivity contribution in [3.63, 3.8) is 0 Å². The third-order valence-corrected chi connectivity index (χ3v) is 5.05. The summed E-state index contributed by atoms with van der Waals surface area (Å²) in [6, 6.07) is 23.9. The van der Waals surface area contributed by atoms with E-state index in [1.165, 1.54) is 10.5 Å². The van der Waals surface area contributed by atoms with Crippen molar-refractivity contribution in [1.82, 2.24) is 5.43 Å². The lowest BCUT2D eigenvalue weighted by molar-refractivity contribution is -0.120. The Morgan fingerprint density at radius 3 is 2.39 bits per heavy atom. The predicted molar refractivity (Wildman–Crippen MR) is 114 cm³/mol. The van der Waals surface area contributed by atoms with Crippen molar-refractivity contribution in [3.05, 3.63) is 89.5 Å². The molecule has 0 heterocycles. The van der Waals surface area contributed by atoms with Crippen molar-refractivity contribution in [2.75, 3.05) is 7.11 Å². The average Bonchev–Trinajstić information content (AvgIpc) is 2.71. The Morgan fingerprint density at radius 1 is 1.04 bits per heavy atom. The van der Waals surface area contributed by atoms with Gasteiger partial charge in [0.2, 0.25) is 5.91 Å². The van der Waals surface area contributed by atoms with Gasteiger partial charge in [0.05, 0.1) is 19.7 Å². The first kappa shape index (κ1) is 19.7. The molecule has 1 N–H and O–H groups in total. The number of hydrogen-bond donors (Lipinski definition) is 1. The molecule has 0 unspecified atom stereocenters. The maximum absolute atomic E-state index is 12.0. The average molecular weight is 391 g/mol. The highest BCUT2D eigenvalue weighted by Crippen LogP contribution is 2.27. The molecule has 5 heteroatoms. The van der Waals surface area contributed by atoms with Gasteiger partial charge in [0.15, 0.2) is 0 Å². The third kappa shape index (κ3) is 5.99. The van der Waals surface area contributed by atoms with Crippen LogP contribution in [0.4, 0.5) is 0 Å². The van der Waals surface area contributed by atoms with Crippen LogP contribution in [0.5, 0.6) is 5.75 Å². The summed E-state index contributed by atoms with van der Waals surface area (Å²) in [5.74, 6) is 0.563. The van der Waals surface area contributed by atoms with Gasteiger partial charge in [-0.3, -0.25) is 4.79 Å². The summed E-state index contributed by atoms with van der Waals surface area (Å²) in [7, 11) is 1.61. The number of hydrogen-bond acceptors (Lipinski definition) is 4. The van der Waals surface area contributed by atoms with Crippen LogP contribution in [0.15, 0.2) is 87.7 Å². The Labute approximate surface area is 169 Å². The van der Waals surface area contributed by atoms with Crippen LogP contribution in [-0.4, -0.2) is 19.2 Å². The van der Waals surface area contributed by atoms with Crippen molar-refractivity contribution < 1.29 is 9.53 Å². The van der Waals surface area contributed by atoms with Gasteiger partial charge < -0.3 is 4.74 Å². The number of carbonyl (C=O) groups excluding carboxylic acids is 1. The van der Waals surface area contributed by atoms with Gasteiger partial charge in [0, 0.05) is 9.79 Å². The van der Waals surface area contributed by atoms with Gasteiger partial charge in [-0.1, -0.05) is 53.7 Å². The van der Waals surface area contributed by atoms with Gasteiger partial charge in [-0.25, -0.2) is 5.43 Å². The summed E-state index contributed by atoms with van der Waals surface area (Å²) in [5.41, 5.74) is 5.62. The summed E-state index contributed by atoms with van der Waals surface area (Å²) in [6.45, 7) is 2.08. The monoisotopic (exact) mass is 390 g/mol.